The molecule has 30 heavy (non-hydrogen) atoms. The van der Waals surface area contributed by atoms with E-state index in [2.05, 4.69) is 10.4 Å². The summed E-state index contributed by atoms with van der Waals surface area (Å²) in [4.78, 5) is 12.8. The standard InChI is InChI=1S/C20H16Cl2F3N3O2/c21-13-7-5-12(6-8-13)9-14(11-29)26-19(30)17-10-18(20(23,24)25)27-28(17)16-4-2-1-3-15(16)22/h1-8,10,14,29H,9,11H2,(H,26,30). The summed E-state index contributed by atoms with van der Waals surface area (Å²) in [5, 5.41) is 16.4. The fourth-order valence-corrected chi connectivity index (χ4v) is 3.16. The van der Waals surface area contributed by atoms with Crippen molar-refractivity contribution in [2.75, 3.05) is 6.61 Å². The zero-order valence-corrected chi connectivity index (χ0v) is 16.8. The van der Waals surface area contributed by atoms with Crippen LogP contribution in [0, 0.1) is 0 Å². The Morgan fingerprint density at radius 2 is 1.80 bits per heavy atom. The molecule has 1 heterocycles. The molecule has 0 aliphatic heterocycles. The van der Waals surface area contributed by atoms with Crippen molar-refractivity contribution in [3.8, 4) is 5.69 Å². The average Bonchev–Trinajstić information content (AvgIpc) is 3.15. The van der Waals surface area contributed by atoms with Crippen LogP contribution in [0.5, 0.6) is 0 Å². The van der Waals surface area contributed by atoms with Crippen molar-refractivity contribution < 1.29 is 23.1 Å². The molecule has 0 aliphatic rings. The summed E-state index contributed by atoms with van der Waals surface area (Å²) in [6, 6.07) is 12.8. The fourth-order valence-electron chi connectivity index (χ4n) is 2.81. The molecule has 0 fully saturated rings. The SMILES string of the molecule is O=C(NC(CO)Cc1ccc(Cl)cc1)c1cc(C(F)(F)F)nn1-c1ccccc1Cl. The second-order valence-electron chi connectivity index (χ2n) is 6.46. The van der Waals surface area contributed by atoms with Gasteiger partial charge in [0.15, 0.2) is 5.69 Å². The number of nitrogens with zero attached hydrogens (tertiary/aromatic N) is 2. The molecule has 10 heteroatoms. The van der Waals surface area contributed by atoms with Gasteiger partial charge in [-0.3, -0.25) is 4.79 Å². The van der Waals surface area contributed by atoms with Crippen LogP contribution in [0.1, 0.15) is 21.7 Å². The van der Waals surface area contributed by atoms with Crippen LogP contribution in [0.25, 0.3) is 5.69 Å². The minimum absolute atomic E-state index is 0.123. The van der Waals surface area contributed by atoms with Gasteiger partial charge >= 0.3 is 6.18 Å². The first-order valence-corrected chi connectivity index (χ1v) is 9.53. The molecule has 0 saturated heterocycles. The van der Waals surface area contributed by atoms with Crippen LogP contribution in [-0.2, 0) is 12.6 Å². The number of rotatable bonds is 6. The molecule has 0 aliphatic carbocycles. The van der Waals surface area contributed by atoms with Crippen molar-refractivity contribution >= 4 is 29.1 Å². The summed E-state index contributed by atoms with van der Waals surface area (Å²) >= 11 is 11.9. The van der Waals surface area contributed by atoms with Crippen LogP contribution in [0.2, 0.25) is 10.0 Å². The van der Waals surface area contributed by atoms with E-state index in [1.54, 1.807) is 36.4 Å². The van der Waals surface area contributed by atoms with Crippen LogP contribution in [-0.4, -0.2) is 33.4 Å². The monoisotopic (exact) mass is 457 g/mol. The summed E-state index contributed by atoms with van der Waals surface area (Å²) < 4.78 is 40.5. The van der Waals surface area contributed by atoms with Gasteiger partial charge in [0.1, 0.15) is 5.69 Å². The Morgan fingerprint density at radius 1 is 1.13 bits per heavy atom. The number of halogens is 5. The van der Waals surface area contributed by atoms with Crippen LogP contribution in [0.4, 0.5) is 13.2 Å². The summed E-state index contributed by atoms with van der Waals surface area (Å²) in [6.45, 7) is -0.416. The maximum absolute atomic E-state index is 13.2. The Morgan fingerprint density at radius 3 is 2.40 bits per heavy atom. The maximum Gasteiger partial charge on any atom is 0.435 e. The summed E-state index contributed by atoms with van der Waals surface area (Å²) in [5.41, 5.74) is -0.678. The molecule has 0 radical (unpaired) electrons. The van der Waals surface area contributed by atoms with E-state index in [0.717, 1.165) is 10.2 Å². The van der Waals surface area contributed by atoms with E-state index in [0.29, 0.717) is 11.1 Å². The number of aliphatic hydroxyl groups excluding tert-OH is 1. The van der Waals surface area contributed by atoms with Gasteiger partial charge in [-0.15, -0.1) is 0 Å². The number of hydrogen-bond acceptors (Lipinski definition) is 3. The van der Waals surface area contributed by atoms with E-state index < -0.39 is 30.4 Å². The smallest absolute Gasteiger partial charge is 0.394 e. The van der Waals surface area contributed by atoms with Gasteiger partial charge in [0.05, 0.1) is 23.4 Å². The minimum atomic E-state index is -4.75. The minimum Gasteiger partial charge on any atom is -0.394 e. The molecule has 2 aromatic carbocycles. The third kappa shape index (κ3) is 5.13. The third-order valence-corrected chi connectivity index (χ3v) is 4.84. The van der Waals surface area contributed by atoms with E-state index in [1.165, 1.54) is 12.1 Å². The molecule has 1 aromatic heterocycles. The molecule has 0 bridgehead atoms. The molecule has 5 nitrogen and oxygen atoms in total. The lowest BCUT2D eigenvalue weighted by Gasteiger charge is -2.17. The van der Waals surface area contributed by atoms with Gasteiger partial charge in [0, 0.05) is 11.1 Å². The number of nitrogens with one attached hydrogen (secondary N) is 1. The highest BCUT2D eigenvalue weighted by Gasteiger charge is 2.36. The predicted molar refractivity (Wildman–Crippen MR) is 107 cm³/mol. The van der Waals surface area contributed by atoms with Crippen molar-refractivity contribution in [3.05, 3.63) is 81.6 Å². The largest absolute Gasteiger partial charge is 0.435 e. The number of carbonyl (C=O) groups excluding carboxylic acids is 1. The van der Waals surface area contributed by atoms with Gasteiger partial charge in [0.2, 0.25) is 0 Å². The Balaban J connectivity index is 1.91. The van der Waals surface area contributed by atoms with Crippen LogP contribution < -0.4 is 5.32 Å². The summed E-state index contributed by atoms with van der Waals surface area (Å²) in [5.74, 6) is -0.828. The zero-order chi connectivity index (χ0) is 21.9. The summed E-state index contributed by atoms with van der Waals surface area (Å²) in [6.07, 6.45) is -4.49. The highest BCUT2D eigenvalue weighted by Crippen LogP contribution is 2.31. The predicted octanol–water partition coefficient (Wildman–Crippen LogP) is 4.53. The van der Waals surface area contributed by atoms with E-state index in [-0.39, 0.29) is 22.8 Å². The molecule has 0 saturated carbocycles. The lowest BCUT2D eigenvalue weighted by molar-refractivity contribution is -0.141. The van der Waals surface area contributed by atoms with Gasteiger partial charge in [-0.25, -0.2) is 4.68 Å². The van der Waals surface area contributed by atoms with Crippen LogP contribution in [0.3, 0.4) is 0 Å². The highest BCUT2D eigenvalue weighted by atomic mass is 35.5. The first-order chi connectivity index (χ1) is 14.2. The van der Waals surface area contributed by atoms with Gasteiger partial charge in [0.25, 0.3) is 5.91 Å². The van der Waals surface area contributed by atoms with Gasteiger partial charge in [-0.05, 0) is 36.2 Å². The molecular formula is C20H16Cl2F3N3O2. The van der Waals surface area contributed by atoms with E-state index in [9.17, 15) is 23.1 Å². The van der Waals surface area contributed by atoms with Crippen molar-refractivity contribution in [1.29, 1.82) is 0 Å². The number of carbonyl (C=O) groups is 1. The highest BCUT2D eigenvalue weighted by molar-refractivity contribution is 6.32. The van der Waals surface area contributed by atoms with Crippen LogP contribution >= 0.6 is 23.2 Å². The van der Waals surface area contributed by atoms with Gasteiger partial charge in [-0.1, -0.05) is 47.5 Å². The van der Waals surface area contributed by atoms with Crippen LogP contribution in [0.15, 0.2) is 54.6 Å². The fraction of sp³-hybridized carbons (Fsp3) is 0.200. The van der Waals surface area contributed by atoms with Gasteiger partial charge < -0.3 is 10.4 Å². The number of alkyl halides is 3. The lowest BCUT2D eigenvalue weighted by Crippen LogP contribution is -2.39. The Labute approximate surface area is 180 Å². The first kappa shape index (κ1) is 22.1. The quantitative estimate of drug-likeness (QED) is 0.571. The average molecular weight is 458 g/mol. The number of amides is 1. The van der Waals surface area contributed by atoms with Gasteiger partial charge in [-0.2, -0.15) is 18.3 Å². The van der Waals surface area contributed by atoms with Crippen molar-refractivity contribution in [2.45, 2.75) is 18.6 Å². The molecule has 1 atom stereocenters. The molecule has 0 spiro atoms. The second-order valence-corrected chi connectivity index (χ2v) is 7.30. The number of hydrogen-bond donors (Lipinski definition) is 2. The maximum atomic E-state index is 13.2. The van der Waals surface area contributed by atoms with E-state index >= 15 is 0 Å². The first-order valence-electron chi connectivity index (χ1n) is 8.77. The van der Waals surface area contributed by atoms with E-state index in [4.69, 9.17) is 23.2 Å². The van der Waals surface area contributed by atoms with Crippen molar-refractivity contribution in [1.82, 2.24) is 15.1 Å². The zero-order valence-electron chi connectivity index (χ0n) is 15.3. The molecule has 3 aromatic rings. The number of benzene rings is 2. The summed E-state index contributed by atoms with van der Waals surface area (Å²) in [7, 11) is 0. The van der Waals surface area contributed by atoms with Crippen molar-refractivity contribution in [3.63, 3.8) is 0 Å². The molecule has 1 unspecified atom stereocenters. The molecular weight excluding hydrogens is 442 g/mol. The number of aromatic nitrogens is 2. The molecule has 158 valence electrons. The lowest BCUT2D eigenvalue weighted by atomic mass is 10.1. The molecule has 3 rings (SSSR count). The van der Waals surface area contributed by atoms with Crippen molar-refractivity contribution in [2.24, 2.45) is 0 Å². The van der Waals surface area contributed by atoms with E-state index in [1.807, 2.05) is 0 Å². The Hall–Kier alpha value is -2.55. The topological polar surface area (TPSA) is 67.2 Å². The molecule has 1 amide bonds. The number of aliphatic hydroxyl groups is 1. The number of para-hydroxylation sites is 1. The second kappa shape index (κ2) is 9.07. The molecule has 2 N–H and O–H groups in total. The third-order valence-electron chi connectivity index (χ3n) is 4.26. The Bertz CT molecular complexity index is 1040. The normalized spacial score (nSPS) is 12.6. The Kier molecular flexibility index (Phi) is 6.70.